The Balaban J connectivity index is 1.25. The molecule has 0 spiro atoms. The van der Waals surface area contributed by atoms with E-state index >= 15 is 0 Å². The normalized spacial score (nSPS) is 27.3. The summed E-state index contributed by atoms with van der Waals surface area (Å²) in [6.45, 7) is 8.38. The summed E-state index contributed by atoms with van der Waals surface area (Å²) in [7, 11) is -3.74. The van der Waals surface area contributed by atoms with Crippen molar-refractivity contribution in [2.24, 2.45) is 17.3 Å². The number of ether oxygens (including phenoxy) is 1. The number of hydrogen-bond donors (Lipinski definition) is 0. The zero-order chi connectivity index (χ0) is 28.9. The number of aryl methyl sites for hydroxylation is 1. The second-order valence-corrected chi connectivity index (χ2v) is 14.6. The molecule has 41 heavy (non-hydrogen) atoms. The topological polar surface area (TPSA) is 55.8 Å². The van der Waals surface area contributed by atoms with Gasteiger partial charge in [-0.1, -0.05) is 82.9 Å². The monoisotopic (exact) mass is 581 g/mol. The highest BCUT2D eigenvalue weighted by Gasteiger charge is 2.56. The molecule has 3 aliphatic rings. The minimum absolute atomic E-state index is 0.0804. The molecule has 0 saturated heterocycles. The van der Waals surface area contributed by atoms with Gasteiger partial charge in [-0.2, -0.15) is 12.7 Å². The fraction of sp³-hybridized carbons (Fsp3) is 0.657. The zero-order valence-electron chi connectivity index (χ0n) is 25.5. The van der Waals surface area contributed by atoms with E-state index in [1.807, 2.05) is 18.2 Å². The lowest BCUT2D eigenvalue weighted by Crippen LogP contribution is -2.46. The Hall–Kier alpha value is -1.89. The molecule has 2 saturated carbocycles. The van der Waals surface area contributed by atoms with Crippen LogP contribution in [0.1, 0.15) is 114 Å². The molecule has 0 aliphatic heterocycles. The van der Waals surface area contributed by atoms with Gasteiger partial charge in [-0.15, -0.1) is 0 Å². The first kappa shape index (κ1) is 30.6. The predicted octanol–water partition coefficient (Wildman–Crippen LogP) is 8.43. The van der Waals surface area contributed by atoms with Crippen LogP contribution in [0.25, 0.3) is 0 Å². The Morgan fingerprint density at radius 1 is 0.902 bits per heavy atom. The summed E-state index contributed by atoms with van der Waals surface area (Å²) in [5.41, 5.74) is 4.03. The SMILES string of the molecule is CCCCCN(CCCCC)S(=O)(=O)O[C@@H]1CCC2C3CCc4cc(OCc5ccccc5)ccc4C3CC[C@@]21C. The van der Waals surface area contributed by atoms with Crippen LogP contribution in [0.2, 0.25) is 0 Å². The Labute approximate surface area is 249 Å². The number of unbranched alkanes of at least 4 members (excludes halogenated alkanes) is 4. The minimum Gasteiger partial charge on any atom is -0.489 e. The van der Waals surface area contributed by atoms with Crippen LogP contribution in [0, 0.1) is 17.3 Å². The van der Waals surface area contributed by atoms with Gasteiger partial charge in [-0.3, -0.25) is 4.18 Å². The van der Waals surface area contributed by atoms with Crippen molar-refractivity contribution in [2.45, 2.75) is 116 Å². The molecule has 0 aromatic heterocycles. The van der Waals surface area contributed by atoms with E-state index < -0.39 is 10.3 Å². The van der Waals surface area contributed by atoms with Gasteiger partial charge in [0.25, 0.3) is 0 Å². The molecular weight excluding hydrogens is 530 g/mol. The molecule has 3 aliphatic carbocycles. The average Bonchev–Trinajstić information content (AvgIpc) is 3.30. The summed E-state index contributed by atoms with van der Waals surface area (Å²) in [6.07, 6.45) is 12.1. The van der Waals surface area contributed by atoms with Crippen LogP contribution < -0.4 is 4.74 Å². The number of benzene rings is 2. The molecule has 6 heteroatoms. The van der Waals surface area contributed by atoms with Crippen molar-refractivity contribution in [3.63, 3.8) is 0 Å². The third kappa shape index (κ3) is 6.86. The molecule has 2 aromatic carbocycles. The first-order valence-corrected chi connectivity index (χ1v) is 17.7. The van der Waals surface area contributed by atoms with Crippen molar-refractivity contribution in [3.8, 4) is 5.75 Å². The molecule has 2 fully saturated rings. The second-order valence-electron chi connectivity index (χ2n) is 13.0. The van der Waals surface area contributed by atoms with Crippen LogP contribution in [-0.2, 0) is 27.5 Å². The summed E-state index contributed by atoms with van der Waals surface area (Å²) in [4.78, 5) is 0. The van der Waals surface area contributed by atoms with Gasteiger partial charge >= 0.3 is 10.3 Å². The van der Waals surface area contributed by atoms with E-state index in [1.54, 1.807) is 4.31 Å². The fourth-order valence-electron chi connectivity index (χ4n) is 8.12. The minimum atomic E-state index is -3.74. The van der Waals surface area contributed by atoms with Crippen molar-refractivity contribution in [1.82, 2.24) is 4.31 Å². The van der Waals surface area contributed by atoms with Gasteiger partial charge in [-0.25, -0.2) is 0 Å². The van der Waals surface area contributed by atoms with Crippen LogP contribution in [0.5, 0.6) is 5.75 Å². The van der Waals surface area contributed by atoms with Gasteiger partial charge in [0.1, 0.15) is 12.4 Å². The van der Waals surface area contributed by atoms with Gasteiger partial charge in [0.2, 0.25) is 0 Å². The van der Waals surface area contributed by atoms with E-state index in [1.165, 1.54) is 23.1 Å². The molecule has 0 N–H and O–H groups in total. The molecule has 5 atom stereocenters. The van der Waals surface area contributed by atoms with E-state index in [2.05, 4.69) is 51.1 Å². The average molecular weight is 582 g/mol. The molecule has 2 aromatic rings. The Morgan fingerprint density at radius 3 is 2.34 bits per heavy atom. The van der Waals surface area contributed by atoms with Crippen LogP contribution in [0.4, 0.5) is 0 Å². The van der Waals surface area contributed by atoms with Crippen molar-refractivity contribution in [2.75, 3.05) is 13.1 Å². The van der Waals surface area contributed by atoms with Crippen LogP contribution in [0.15, 0.2) is 48.5 Å². The number of nitrogens with zero attached hydrogens (tertiary/aromatic N) is 1. The third-order valence-electron chi connectivity index (χ3n) is 10.4. The quantitative estimate of drug-likeness (QED) is 0.210. The molecule has 5 nitrogen and oxygen atoms in total. The largest absolute Gasteiger partial charge is 0.489 e. The summed E-state index contributed by atoms with van der Waals surface area (Å²) in [5.74, 6) is 2.61. The third-order valence-corrected chi connectivity index (χ3v) is 11.9. The Bertz CT molecular complexity index is 1220. The lowest BCUT2D eigenvalue weighted by Gasteiger charge is -2.50. The Morgan fingerprint density at radius 2 is 1.63 bits per heavy atom. The van der Waals surface area contributed by atoms with Crippen molar-refractivity contribution in [3.05, 3.63) is 65.2 Å². The van der Waals surface area contributed by atoms with Gasteiger partial charge in [0.05, 0.1) is 6.10 Å². The highest BCUT2D eigenvalue weighted by Crippen LogP contribution is 2.61. The highest BCUT2D eigenvalue weighted by atomic mass is 32.2. The molecule has 0 heterocycles. The van der Waals surface area contributed by atoms with Crippen molar-refractivity contribution >= 4 is 10.3 Å². The summed E-state index contributed by atoms with van der Waals surface area (Å²) < 4.78 is 41.2. The maximum atomic E-state index is 13.6. The maximum absolute atomic E-state index is 13.6. The van der Waals surface area contributed by atoms with E-state index in [-0.39, 0.29) is 11.5 Å². The first-order chi connectivity index (χ1) is 19.9. The smallest absolute Gasteiger partial charge is 0.338 e. The van der Waals surface area contributed by atoms with Crippen molar-refractivity contribution < 1.29 is 17.3 Å². The van der Waals surface area contributed by atoms with Crippen molar-refractivity contribution in [1.29, 1.82) is 0 Å². The van der Waals surface area contributed by atoms with Crippen LogP contribution in [0.3, 0.4) is 0 Å². The highest BCUT2D eigenvalue weighted by molar-refractivity contribution is 7.84. The Kier molecular flexibility index (Phi) is 10.1. The van der Waals surface area contributed by atoms with E-state index in [9.17, 15) is 8.42 Å². The first-order valence-electron chi connectivity index (χ1n) is 16.3. The molecule has 226 valence electrons. The molecule has 0 amide bonds. The van der Waals surface area contributed by atoms with E-state index in [4.69, 9.17) is 8.92 Å². The molecule has 3 unspecified atom stereocenters. The van der Waals surface area contributed by atoms with Gasteiger partial charge in [0.15, 0.2) is 0 Å². The van der Waals surface area contributed by atoms with Gasteiger partial charge < -0.3 is 4.74 Å². The van der Waals surface area contributed by atoms with Gasteiger partial charge in [0, 0.05) is 13.1 Å². The standard InChI is InChI=1S/C35H51NO4S/c1-4-6-11-23-36(24-12-7-5-2)41(37,38)40-34-20-19-33-32-17-15-28-25-29(39-26-27-13-9-8-10-14-27)16-18-30(28)31(32)21-22-35(33,34)3/h8-10,13-14,16,18,25,31-34H,4-7,11-12,15,17,19-24,26H2,1-3H3/t31?,32?,33?,34-,35+/m1/s1. The maximum Gasteiger partial charge on any atom is 0.338 e. The zero-order valence-corrected chi connectivity index (χ0v) is 26.3. The second kappa shape index (κ2) is 13.6. The van der Waals surface area contributed by atoms with E-state index in [0.717, 1.165) is 76.4 Å². The summed E-state index contributed by atoms with van der Waals surface area (Å²) >= 11 is 0. The summed E-state index contributed by atoms with van der Waals surface area (Å²) in [6, 6.07) is 17.1. The molecular formula is C35H51NO4S. The molecule has 0 bridgehead atoms. The van der Waals surface area contributed by atoms with Gasteiger partial charge in [-0.05, 0) is 103 Å². The lowest BCUT2D eigenvalue weighted by atomic mass is 9.55. The van der Waals surface area contributed by atoms with Crippen LogP contribution in [-0.4, -0.2) is 31.9 Å². The van der Waals surface area contributed by atoms with E-state index in [0.29, 0.717) is 37.5 Å². The summed E-state index contributed by atoms with van der Waals surface area (Å²) in [5, 5.41) is 0. The fourth-order valence-corrected chi connectivity index (χ4v) is 9.56. The van der Waals surface area contributed by atoms with Crippen LogP contribution >= 0.6 is 0 Å². The number of rotatable bonds is 14. The predicted molar refractivity (Wildman–Crippen MR) is 166 cm³/mol. The molecule has 5 rings (SSSR count). The molecule has 0 radical (unpaired) electrons. The number of fused-ring (bicyclic) bond motifs is 5. The number of hydrogen-bond acceptors (Lipinski definition) is 4. The lowest BCUT2D eigenvalue weighted by molar-refractivity contribution is -0.0111.